The smallest absolute Gasteiger partial charge is 0.247 e. The van der Waals surface area contributed by atoms with E-state index < -0.39 is 13.5 Å². The molecule has 8 aromatic carbocycles. The largest absolute Gasteiger partial charge is 0.311 e. The fourth-order valence-electron chi connectivity index (χ4n) is 12.4. The molecule has 0 unspecified atom stereocenters. The summed E-state index contributed by atoms with van der Waals surface area (Å²) in [5.41, 5.74) is 21.0. The second-order valence-corrected chi connectivity index (χ2v) is 20.1. The van der Waals surface area contributed by atoms with Gasteiger partial charge in [0.25, 0.3) is 0 Å². The quantitative estimate of drug-likeness (QED) is 0.182. The number of benzene rings is 8. The summed E-state index contributed by atoms with van der Waals surface area (Å²) >= 11 is 0. The fraction of sp³-hybridized carbons (Fsp3) is 0.0769. The van der Waals surface area contributed by atoms with E-state index in [1.165, 1.54) is 104 Å². The highest BCUT2D eigenvalue weighted by Crippen LogP contribution is 2.68. The number of aryl methyl sites for hydroxylation is 2. The van der Waals surface area contributed by atoms with Crippen molar-refractivity contribution in [3.63, 3.8) is 0 Å². The Morgan fingerprint density at radius 1 is 0.455 bits per heavy atom. The summed E-state index contributed by atoms with van der Waals surface area (Å²) in [5.74, 6) is 0.196. The second-order valence-electron chi connectivity index (χ2n) is 16.3. The van der Waals surface area contributed by atoms with Gasteiger partial charge in [-0.1, -0.05) is 193 Å². The van der Waals surface area contributed by atoms with Gasteiger partial charge in [0, 0.05) is 17.3 Å². The maximum absolute atomic E-state index is 2.91. The van der Waals surface area contributed by atoms with Crippen molar-refractivity contribution < 1.29 is 0 Å². The minimum Gasteiger partial charge on any atom is -0.311 e. The fourth-order valence-corrected chi connectivity index (χ4v) is 17.6. The lowest BCUT2D eigenvalue weighted by molar-refractivity contribution is 0.623. The van der Waals surface area contributed by atoms with Gasteiger partial charge in [-0.15, -0.1) is 0 Å². The first-order valence-corrected chi connectivity index (χ1v) is 21.8. The molecule has 2 bridgehead atoms. The Balaban J connectivity index is 1.31. The standard InChI is InChI=1S/C52H36BNSi/c1-32-16-13-17-33(2)48(32)53-42-27-15-29-45-50(42)54-49-41(26-14-28-44(49)55(45,34-18-5-3-6-19-34)35-20-7-4-8-21-35)52-39-24-11-9-22-36(39)46(37-23-10-12-25-40(37)52)38-30-31-43(53)51(54)47(38)52/h3-31,46H,1-2H3. The third-order valence-electron chi connectivity index (χ3n) is 14.1. The first-order chi connectivity index (χ1) is 27.2. The van der Waals surface area contributed by atoms with Crippen LogP contribution in [0.3, 0.4) is 0 Å². The van der Waals surface area contributed by atoms with Crippen molar-refractivity contribution in [3.8, 4) is 0 Å². The lowest BCUT2D eigenvalue weighted by atomic mass is 9.33. The van der Waals surface area contributed by atoms with E-state index in [9.17, 15) is 0 Å². The van der Waals surface area contributed by atoms with Crippen LogP contribution in [0.15, 0.2) is 176 Å². The maximum atomic E-state index is 2.79. The van der Waals surface area contributed by atoms with Crippen LogP contribution in [0.5, 0.6) is 0 Å². The van der Waals surface area contributed by atoms with Crippen molar-refractivity contribution in [1.82, 2.24) is 0 Å². The summed E-state index contributed by atoms with van der Waals surface area (Å²) in [6.07, 6.45) is 0. The molecule has 3 heteroatoms. The zero-order valence-corrected chi connectivity index (χ0v) is 31.8. The number of anilines is 3. The van der Waals surface area contributed by atoms with Crippen molar-refractivity contribution in [2.75, 3.05) is 4.90 Å². The summed E-state index contributed by atoms with van der Waals surface area (Å²) < 4.78 is 0. The minimum absolute atomic E-state index is 0.0979. The molecule has 0 saturated carbocycles. The molecule has 0 saturated heterocycles. The van der Waals surface area contributed by atoms with Crippen LogP contribution in [0.25, 0.3) is 0 Å². The molecule has 0 radical (unpaired) electrons. The third kappa shape index (κ3) is 3.29. The molecular formula is C52H36BNSi. The highest BCUT2D eigenvalue weighted by molar-refractivity contribution is 7.22. The molecule has 14 rings (SSSR count). The van der Waals surface area contributed by atoms with E-state index in [0.29, 0.717) is 0 Å². The minimum atomic E-state index is -2.91. The molecule has 1 nitrogen and oxygen atoms in total. The van der Waals surface area contributed by atoms with Gasteiger partial charge in [-0.2, -0.15) is 0 Å². The van der Waals surface area contributed by atoms with Gasteiger partial charge in [-0.3, -0.25) is 0 Å². The third-order valence-corrected chi connectivity index (χ3v) is 19.0. The summed E-state index contributed by atoms with van der Waals surface area (Å²) in [7, 11) is -2.91. The van der Waals surface area contributed by atoms with Gasteiger partial charge in [-0.25, -0.2) is 0 Å². The van der Waals surface area contributed by atoms with E-state index in [1.54, 1.807) is 0 Å². The zero-order chi connectivity index (χ0) is 36.2. The van der Waals surface area contributed by atoms with Gasteiger partial charge < -0.3 is 4.90 Å². The summed E-state index contributed by atoms with van der Waals surface area (Å²) in [4.78, 5) is 2.79. The molecule has 8 aromatic rings. The number of hydrogen-bond acceptors (Lipinski definition) is 1. The number of rotatable bonds is 3. The van der Waals surface area contributed by atoms with Crippen LogP contribution < -0.4 is 42.0 Å². The number of para-hydroxylation sites is 2. The lowest BCUT2D eigenvalue weighted by Gasteiger charge is -2.60. The Bertz CT molecular complexity index is 2880. The Hall–Kier alpha value is -6.16. The van der Waals surface area contributed by atoms with Gasteiger partial charge in [0.05, 0.1) is 11.1 Å². The summed E-state index contributed by atoms with van der Waals surface area (Å²) in [5, 5.41) is 5.84. The molecule has 256 valence electrons. The molecule has 0 amide bonds. The summed E-state index contributed by atoms with van der Waals surface area (Å²) in [6, 6.07) is 68.6. The van der Waals surface area contributed by atoms with Crippen LogP contribution in [-0.4, -0.2) is 14.8 Å². The second kappa shape index (κ2) is 10.3. The van der Waals surface area contributed by atoms with E-state index in [1.807, 2.05) is 0 Å². The number of nitrogens with zero attached hydrogens (tertiary/aromatic N) is 1. The first-order valence-electron chi connectivity index (χ1n) is 19.8. The van der Waals surface area contributed by atoms with E-state index in [2.05, 4.69) is 195 Å². The topological polar surface area (TPSA) is 3.24 Å². The Kier molecular flexibility index (Phi) is 5.67. The molecule has 0 atom stereocenters. The van der Waals surface area contributed by atoms with Crippen LogP contribution in [-0.2, 0) is 5.41 Å². The maximum Gasteiger partial charge on any atom is 0.247 e. The van der Waals surface area contributed by atoms with Crippen LogP contribution in [0.1, 0.15) is 56.0 Å². The van der Waals surface area contributed by atoms with Crippen molar-refractivity contribution in [3.05, 3.63) is 226 Å². The molecule has 0 N–H and O–H groups in total. The average molecular weight is 714 g/mol. The predicted molar refractivity (Wildman–Crippen MR) is 232 cm³/mol. The molecule has 55 heavy (non-hydrogen) atoms. The lowest BCUT2D eigenvalue weighted by Crippen LogP contribution is -2.79. The predicted octanol–water partition coefficient (Wildman–Crippen LogP) is 6.80. The van der Waals surface area contributed by atoms with Gasteiger partial charge >= 0.3 is 0 Å². The van der Waals surface area contributed by atoms with Gasteiger partial charge in [0.15, 0.2) is 8.07 Å². The Morgan fingerprint density at radius 2 is 0.982 bits per heavy atom. The van der Waals surface area contributed by atoms with Gasteiger partial charge in [-0.05, 0) is 84.5 Å². The van der Waals surface area contributed by atoms with E-state index in [4.69, 9.17) is 0 Å². The van der Waals surface area contributed by atoms with Crippen molar-refractivity contribution >= 4 is 69.0 Å². The van der Waals surface area contributed by atoms with E-state index in [-0.39, 0.29) is 12.6 Å². The van der Waals surface area contributed by atoms with Gasteiger partial charge in [0.2, 0.25) is 6.71 Å². The zero-order valence-electron chi connectivity index (χ0n) is 30.8. The number of hydrogen-bond donors (Lipinski definition) is 0. The molecule has 3 heterocycles. The molecule has 0 fully saturated rings. The van der Waals surface area contributed by atoms with E-state index >= 15 is 0 Å². The molecule has 3 aliphatic carbocycles. The average Bonchev–Trinajstić information content (AvgIpc) is 3.24. The van der Waals surface area contributed by atoms with Crippen molar-refractivity contribution in [1.29, 1.82) is 0 Å². The molecular weight excluding hydrogens is 677 g/mol. The Labute approximate surface area is 323 Å². The van der Waals surface area contributed by atoms with Crippen LogP contribution in [0, 0.1) is 13.8 Å². The molecule has 1 spiro atoms. The van der Waals surface area contributed by atoms with Crippen molar-refractivity contribution in [2.24, 2.45) is 0 Å². The highest BCUT2D eigenvalue weighted by atomic mass is 28.3. The van der Waals surface area contributed by atoms with Crippen LogP contribution in [0.4, 0.5) is 17.1 Å². The monoisotopic (exact) mass is 713 g/mol. The molecule has 3 aliphatic heterocycles. The summed E-state index contributed by atoms with van der Waals surface area (Å²) in [6.45, 7) is 4.75. The molecule has 0 aromatic heterocycles. The first kappa shape index (κ1) is 30.2. The highest BCUT2D eigenvalue weighted by Gasteiger charge is 2.62. The van der Waals surface area contributed by atoms with Gasteiger partial charge in [0.1, 0.15) is 0 Å². The van der Waals surface area contributed by atoms with Crippen LogP contribution in [0.2, 0.25) is 0 Å². The Morgan fingerprint density at radius 3 is 1.64 bits per heavy atom. The normalized spacial score (nSPS) is 19.1. The SMILES string of the molecule is Cc1cccc(C)c1B1c2cccc3c2N2c4c(cccc4[Si]3(c3ccccc3)c3ccccc3)C34c5ccccc5C(c5ccccc53)c3ccc1c2c34. The van der Waals surface area contributed by atoms with Crippen LogP contribution >= 0.6 is 0 Å². The van der Waals surface area contributed by atoms with E-state index in [0.717, 1.165) is 0 Å². The molecule has 6 aliphatic rings. The van der Waals surface area contributed by atoms with Crippen molar-refractivity contribution in [2.45, 2.75) is 25.2 Å².